The molecular formula is C12H15ClN2O4. The normalized spacial score (nSPS) is 11.7. The summed E-state index contributed by atoms with van der Waals surface area (Å²) in [7, 11) is 1.35. The monoisotopic (exact) mass is 286 g/mol. The number of benzene rings is 1. The molecule has 0 radical (unpaired) electrons. The highest BCUT2D eigenvalue weighted by atomic mass is 35.5. The second-order valence-electron chi connectivity index (χ2n) is 3.86. The van der Waals surface area contributed by atoms with Crippen LogP contribution in [0.2, 0.25) is 0 Å². The average Bonchev–Trinajstić information content (AvgIpc) is 2.43. The molecule has 7 heteroatoms. The molecule has 104 valence electrons. The van der Waals surface area contributed by atoms with Crippen LogP contribution in [0, 0.1) is 10.1 Å². The lowest BCUT2D eigenvalue weighted by atomic mass is 10.1. The molecule has 0 fully saturated rings. The van der Waals surface area contributed by atoms with Gasteiger partial charge in [-0.3, -0.25) is 14.9 Å². The van der Waals surface area contributed by atoms with E-state index in [9.17, 15) is 14.9 Å². The Morgan fingerprint density at radius 2 is 2.26 bits per heavy atom. The Labute approximate surface area is 115 Å². The van der Waals surface area contributed by atoms with Gasteiger partial charge in [-0.1, -0.05) is 6.92 Å². The number of amides is 1. The Morgan fingerprint density at radius 3 is 2.79 bits per heavy atom. The first kappa shape index (κ1) is 15.2. The Hall–Kier alpha value is -1.82. The van der Waals surface area contributed by atoms with E-state index in [2.05, 4.69) is 5.32 Å². The van der Waals surface area contributed by atoms with Gasteiger partial charge in [0.15, 0.2) is 0 Å². The summed E-state index contributed by atoms with van der Waals surface area (Å²) >= 11 is 5.90. The third kappa shape index (κ3) is 4.10. The fraction of sp³-hybridized carbons (Fsp3) is 0.417. The first-order valence-corrected chi connectivity index (χ1v) is 6.18. The third-order valence-corrected chi connectivity index (χ3v) is 3.03. The highest BCUT2D eigenvalue weighted by Gasteiger charge is 2.17. The van der Waals surface area contributed by atoms with Crippen LogP contribution in [0.25, 0.3) is 0 Å². The van der Waals surface area contributed by atoms with Crippen molar-refractivity contribution >= 4 is 23.2 Å². The lowest BCUT2D eigenvalue weighted by Crippen LogP contribution is -2.29. The number of rotatable bonds is 6. The molecule has 6 nitrogen and oxygen atoms in total. The maximum absolute atomic E-state index is 11.9. The van der Waals surface area contributed by atoms with Crippen molar-refractivity contribution in [1.82, 2.24) is 5.32 Å². The van der Waals surface area contributed by atoms with Crippen molar-refractivity contribution < 1.29 is 14.5 Å². The lowest BCUT2D eigenvalue weighted by Gasteiger charge is -2.11. The van der Waals surface area contributed by atoms with E-state index in [1.54, 1.807) is 0 Å². The molecule has 0 saturated heterocycles. The lowest BCUT2D eigenvalue weighted by molar-refractivity contribution is -0.384. The van der Waals surface area contributed by atoms with Gasteiger partial charge in [0.25, 0.3) is 11.6 Å². The number of carbonyl (C=O) groups excluding carboxylic acids is 1. The van der Waals surface area contributed by atoms with Gasteiger partial charge in [0.1, 0.15) is 5.75 Å². The number of carbonyl (C=O) groups is 1. The summed E-state index contributed by atoms with van der Waals surface area (Å²) in [5.41, 5.74) is 0.116. The summed E-state index contributed by atoms with van der Waals surface area (Å²) in [5, 5.41) is 13.1. The number of nitrogens with zero attached hydrogens (tertiary/aromatic N) is 1. The summed E-state index contributed by atoms with van der Waals surface area (Å²) in [6, 6.07) is 3.84. The molecule has 1 amide bonds. The minimum absolute atomic E-state index is 0.128. The number of nitro groups is 1. The molecule has 1 rings (SSSR count). The van der Waals surface area contributed by atoms with Crippen LogP contribution in [0.4, 0.5) is 5.69 Å². The molecule has 0 spiro atoms. The summed E-state index contributed by atoms with van der Waals surface area (Å²) in [4.78, 5) is 22.0. The van der Waals surface area contributed by atoms with E-state index in [1.807, 2.05) is 6.92 Å². The molecule has 0 aliphatic heterocycles. The van der Waals surface area contributed by atoms with Gasteiger partial charge in [-0.25, -0.2) is 0 Å². The van der Waals surface area contributed by atoms with Crippen molar-refractivity contribution in [1.29, 1.82) is 0 Å². The van der Waals surface area contributed by atoms with Crippen molar-refractivity contribution in [3.63, 3.8) is 0 Å². The minimum atomic E-state index is -0.546. The average molecular weight is 287 g/mol. The van der Waals surface area contributed by atoms with Crippen molar-refractivity contribution in [2.24, 2.45) is 0 Å². The number of methoxy groups -OCH3 is 1. The van der Waals surface area contributed by atoms with Gasteiger partial charge >= 0.3 is 0 Å². The molecule has 0 aliphatic carbocycles. The molecule has 19 heavy (non-hydrogen) atoms. The van der Waals surface area contributed by atoms with Crippen LogP contribution in [0.15, 0.2) is 18.2 Å². The standard InChI is InChI=1S/C12H15ClN2O4/c1-3-8(13)7-14-12(16)10-5-4-9(15(17)18)6-11(10)19-2/h4-6,8H,3,7H2,1-2H3,(H,14,16). The summed E-state index contributed by atoms with van der Waals surface area (Å²) in [5.74, 6) is -0.208. The maximum Gasteiger partial charge on any atom is 0.273 e. The van der Waals surface area contributed by atoms with Crippen molar-refractivity contribution in [3.05, 3.63) is 33.9 Å². The largest absolute Gasteiger partial charge is 0.496 e. The summed E-state index contributed by atoms with van der Waals surface area (Å²) < 4.78 is 4.99. The van der Waals surface area contributed by atoms with Crippen LogP contribution in [0.3, 0.4) is 0 Å². The number of nitro benzene ring substituents is 1. The number of alkyl halides is 1. The van der Waals surface area contributed by atoms with Crippen molar-refractivity contribution in [2.45, 2.75) is 18.7 Å². The molecule has 0 saturated carbocycles. The fourth-order valence-corrected chi connectivity index (χ4v) is 1.50. The van der Waals surface area contributed by atoms with Crippen LogP contribution in [0.1, 0.15) is 23.7 Å². The predicted octanol–water partition coefficient (Wildman–Crippen LogP) is 2.35. The second kappa shape index (κ2) is 6.94. The summed E-state index contributed by atoms with van der Waals surface area (Å²) in [6.45, 7) is 2.24. The van der Waals surface area contributed by atoms with Crippen LogP contribution < -0.4 is 10.1 Å². The van der Waals surface area contributed by atoms with Gasteiger partial charge in [0.2, 0.25) is 0 Å². The molecule has 1 N–H and O–H groups in total. The Balaban J connectivity index is 2.87. The highest BCUT2D eigenvalue weighted by molar-refractivity contribution is 6.20. The van der Waals surface area contributed by atoms with Gasteiger partial charge in [-0.2, -0.15) is 0 Å². The Morgan fingerprint density at radius 1 is 1.58 bits per heavy atom. The first-order valence-electron chi connectivity index (χ1n) is 5.74. The smallest absolute Gasteiger partial charge is 0.273 e. The van der Waals surface area contributed by atoms with E-state index < -0.39 is 4.92 Å². The van der Waals surface area contributed by atoms with Gasteiger partial charge in [0, 0.05) is 12.6 Å². The minimum Gasteiger partial charge on any atom is -0.496 e. The van der Waals surface area contributed by atoms with E-state index in [-0.39, 0.29) is 28.3 Å². The highest BCUT2D eigenvalue weighted by Crippen LogP contribution is 2.24. The second-order valence-corrected chi connectivity index (χ2v) is 4.47. The van der Waals surface area contributed by atoms with E-state index >= 15 is 0 Å². The van der Waals surface area contributed by atoms with Crippen LogP contribution >= 0.6 is 11.6 Å². The molecule has 1 aromatic rings. The van der Waals surface area contributed by atoms with Crippen molar-refractivity contribution in [3.8, 4) is 5.75 Å². The SMILES string of the molecule is CCC(Cl)CNC(=O)c1ccc([N+](=O)[O-])cc1OC. The zero-order valence-electron chi connectivity index (χ0n) is 10.7. The predicted molar refractivity (Wildman–Crippen MR) is 71.9 cm³/mol. The Kier molecular flexibility index (Phi) is 5.57. The quantitative estimate of drug-likeness (QED) is 0.494. The molecule has 0 aliphatic rings. The molecule has 0 aromatic heterocycles. The number of halogens is 1. The van der Waals surface area contributed by atoms with Gasteiger partial charge in [0.05, 0.1) is 29.0 Å². The van der Waals surface area contributed by atoms with Crippen LogP contribution in [-0.4, -0.2) is 29.9 Å². The summed E-state index contributed by atoms with van der Waals surface area (Å²) in [6.07, 6.45) is 0.735. The van der Waals surface area contributed by atoms with E-state index in [0.717, 1.165) is 6.42 Å². The molecule has 0 heterocycles. The Bertz CT molecular complexity index is 479. The number of ether oxygens (including phenoxy) is 1. The fourth-order valence-electron chi connectivity index (χ4n) is 1.42. The maximum atomic E-state index is 11.9. The number of hydrogen-bond donors (Lipinski definition) is 1. The number of hydrogen-bond acceptors (Lipinski definition) is 4. The van der Waals surface area contributed by atoms with E-state index in [4.69, 9.17) is 16.3 Å². The van der Waals surface area contributed by atoms with Gasteiger partial charge in [-0.15, -0.1) is 11.6 Å². The molecule has 1 unspecified atom stereocenters. The zero-order valence-corrected chi connectivity index (χ0v) is 11.4. The zero-order chi connectivity index (χ0) is 14.4. The van der Waals surface area contributed by atoms with Gasteiger partial charge < -0.3 is 10.1 Å². The molecular weight excluding hydrogens is 272 g/mol. The van der Waals surface area contributed by atoms with E-state index in [0.29, 0.717) is 6.54 Å². The molecule has 1 aromatic carbocycles. The van der Waals surface area contributed by atoms with Gasteiger partial charge in [-0.05, 0) is 12.5 Å². The molecule has 1 atom stereocenters. The topological polar surface area (TPSA) is 81.5 Å². The van der Waals surface area contributed by atoms with E-state index in [1.165, 1.54) is 25.3 Å². The third-order valence-electron chi connectivity index (χ3n) is 2.57. The van der Waals surface area contributed by atoms with Crippen LogP contribution in [-0.2, 0) is 0 Å². The number of non-ortho nitro benzene ring substituents is 1. The van der Waals surface area contributed by atoms with Crippen LogP contribution in [0.5, 0.6) is 5.75 Å². The number of nitrogens with one attached hydrogen (secondary N) is 1. The first-order chi connectivity index (χ1) is 8.99. The van der Waals surface area contributed by atoms with Crippen molar-refractivity contribution in [2.75, 3.05) is 13.7 Å². The molecule has 0 bridgehead atoms.